The second-order valence-corrected chi connectivity index (χ2v) is 9.56. The van der Waals surface area contributed by atoms with E-state index in [9.17, 15) is 4.79 Å². The number of benzene rings is 2. The first-order valence-corrected chi connectivity index (χ1v) is 12.8. The number of para-hydroxylation sites is 1. The Morgan fingerprint density at radius 3 is 2.77 bits per heavy atom. The van der Waals surface area contributed by atoms with Gasteiger partial charge in [0.25, 0.3) is 0 Å². The Hall–Kier alpha value is -3.59. The van der Waals surface area contributed by atoms with Gasteiger partial charge in [-0.1, -0.05) is 36.0 Å². The lowest BCUT2D eigenvalue weighted by molar-refractivity contribution is -0.129. The van der Waals surface area contributed by atoms with Crippen LogP contribution in [0, 0.1) is 0 Å². The van der Waals surface area contributed by atoms with E-state index in [1.165, 1.54) is 18.1 Å². The molecule has 2 aliphatic heterocycles. The standard InChI is InChI=1S/C26H25N5O3S/c32-24(30-11-4-8-21(30)18-9-10-22-23(14-18)34-13-5-12-33-22)16-35-26-20-15-29-31(25(20)27-17-28-26)19-6-2-1-3-7-19/h1-3,6-7,9-10,14-15,17,21H,4-5,8,11-13,16H2/t21-/m0/s1. The Morgan fingerprint density at radius 2 is 1.89 bits per heavy atom. The van der Waals surface area contributed by atoms with E-state index >= 15 is 0 Å². The first-order chi connectivity index (χ1) is 17.3. The fourth-order valence-electron chi connectivity index (χ4n) is 4.71. The van der Waals surface area contributed by atoms with Crippen LogP contribution in [0.1, 0.15) is 30.9 Å². The van der Waals surface area contributed by atoms with Gasteiger partial charge in [0, 0.05) is 13.0 Å². The monoisotopic (exact) mass is 487 g/mol. The molecule has 1 saturated heterocycles. The van der Waals surface area contributed by atoms with Gasteiger partial charge in [0.1, 0.15) is 11.4 Å². The minimum atomic E-state index is 0.0477. The molecule has 1 amide bonds. The first kappa shape index (κ1) is 21.9. The van der Waals surface area contributed by atoms with E-state index in [1.807, 2.05) is 47.4 Å². The zero-order valence-corrected chi connectivity index (χ0v) is 20.0. The predicted molar refractivity (Wildman–Crippen MR) is 133 cm³/mol. The zero-order valence-electron chi connectivity index (χ0n) is 19.2. The number of thioether (sulfide) groups is 1. The number of rotatable bonds is 5. The van der Waals surface area contributed by atoms with Crippen LogP contribution in [-0.4, -0.2) is 56.1 Å². The summed E-state index contributed by atoms with van der Waals surface area (Å²) in [5, 5.41) is 6.11. The maximum atomic E-state index is 13.3. The fraction of sp³-hybridized carbons (Fsp3) is 0.308. The van der Waals surface area contributed by atoms with Gasteiger partial charge in [0.15, 0.2) is 17.1 Å². The predicted octanol–water partition coefficient (Wildman–Crippen LogP) is 4.43. The highest BCUT2D eigenvalue weighted by Crippen LogP contribution is 2.38. The Balaban J connectivity index is 1.18. The van der Waals surface area contributed by atoms with E-state index in [0.717, 1.165) is 64.6 Å². The van der Waals surface area contributed by atoms with Crippen LogP contribution >= 0.6 is 11.8 Å². The van der Waals surface area contributed by atoms with E-state index < -0.39 is 0 Å². The van der Waals surface area contributed by atoms with Gasteiger partial charge in [-0.05, 0) is 42.7 Å². The van der Waals surface area contributed by atoms with Crippen LogP contribution in [0.5, 0.6) is 11.5 Å². The lowest BCUT2D eigenvalue weighted by Gasteiger charge is -2.25. The molecule has 4 heterocycles. The summed E-state index contributed by atoms with van der Waals surface area (Å²) in [6.45, 7) is 2.07. The van der Waals surface area contributed by atoms with Crippen LogP contribution in [0.15, 0.2) is 66.1 Å². The highest BCUT2D eigenvalue weighted by Gasteiger charge is 2.31. The van der Waals surface area contributed by atoms with Gasteiger partial charge in [0.2, 0.25) is 5.91 Å². The number of likely N-dealkylation sites (tertiary alicyclic amines) is 1. The third kappa shape index (κ3) is 4.32. The SMILES string of the molecule is O=C(CSc1ncnc2c1cnn2-c1ccccc1)N1CCC[C@H]1c1ccc2c(c1)OCCCO2. The number of amides is 1. The maximum absolute atomic E-state index is 13.3. The van der Waals surface area contributed by atoms with Gasteiger partial charge in [-0.15, -0.1) is 0 Å². The minimum Gasteiger partial charge on any atom is -0.490 e. The topological polar surface area (TPSA) is 82.4 Å². The Morgan fingerprint density at radius 1 is 1.03 bits per heavy atom. The van der Waals surface area contributed by atoms with Crippen LogP contribution in [0.2, 0.25) is 0 Å². The zero-order chi connectivity index (χ0) is 23.6. The van der Waals surface area contributed by atoms with Crippen LogP contribution in [-0.2, 0) is 4.79 Å². The molecule has 1 fully saturated rings. The van der Waals surface area contributed by atoms with E-state index in [4.69, 9.17) is 9.47 Å². The van der Waals surface area contributed by atoms with Gasteiger partial charge in [0.05, 0.1) is 42.3 Å². The van der Waals surface area contributed by atoms with Crippen molar-refractivity contribution in [2.45, 2.75) is 30.3 Å². The molecule has 2 aromatic carbocycles. The normalized spacial score (nSPS) is 17.5. The number of ether oxygens (including phenoxy) is 2. The molecule has 4 aromatic rings. The molecule has 0 N–H and O–H groups in total. The Labute approximate surface area is 207 Å². The highest BCUT2D eigenvalue weighted by molar-refractivity contribution is 8.00. The lowest BCUT2D eigenvalue weighted by Crippen LogP contribution is -2.32. The summed E-state index contributed by atoms with van der Waals surface area (Å²) in [7, 11) is 0. The molecule has 8 nitrogen and oxygen atoms in total. The molecular formula is C26H25N5O3S. The summed E-state index contributed by atoms with van der Waals surface area (Å²) >= 11 is 1.44. The Bertz CT molecular complexity index is 1360. The van der Waals surface area contributed by atoms with Crippen LogP contribution < -0.4 is 9.47 Å². The van der Waals surface area contributed by atoms with E-state index in [1.54, 1.807) is 10.9 Å². The molecule has 35 heavy (non-hydrogen) atoms. The second-order valence-electron chi connectivity index (χ2n) is 8.60. The molecule has 0 aliphatic carbocycles. The molecule has 0 radical (unpaired) electrons. The summed E-state index contributed by atoms with van der Waals surface area (Å²) in [5.41, 5.74) is 2.76. The smallest absolute Gasteiger partial charge is 0.233 e. The summed E-state index contributed by atoms with van der Waals surface area (Å²) in [4.78, 5) is 24.2. The number of nitrogens with zero attached hydrogens (tertiary/aromatic N) is 5. The third-order valence-electron chi connectivity index (χ3n) is 6.39. The molecule has 2 aliphatic rings. The van der Waals surface area contributed by atoms with Crippen molar-refractivity contribution in [2.24, 2.45) is 0 Å². The van der Waals surface area contributed by atoms with Gasteiger partial charge >= 0.3 is 0 Å². The van der Waals surface area contributed by atoms with Crippen molar-refractivity contribution in [2.75, 3.05) is 25.5 Å². The fourth-order valence-corrected chi connectivity index (χ4v) is 5.55. The molecule has 1 atom stereocenters. The van der Waals surface area contributed by atoms with Crippen molar-refractivity contribution in [1.29, 1.82) is 0 Å². The van der Waals surface area contributed by atoms with E-state index in [2.05, 4.69) is 21.1 Å². The number of carbonyl (C=O) groups excluding carboxylic acids is 1. The molecule has 6 rings (SSSR count). The van der Waals surface area contributed by atoms with Gasteiger partial charge in [-0.25, -0.2) is 14.6 Å². The van der Waals surface area contributed by atoms with Gasteiger partial charge < -0.3 is 14.4 Å². The summed E-state index contributed by atoms with van der Waals surface area (Å²) in [6.07, 6.45) is 6.10. The molecule has 2 aromatic heterocycles. The summed E-state index contributed by atoms with van der Waals surface area (Å²) in [6, 6.07) is 16.0. The minimum absolute atomic E-state index is 0.0477. The largest absolute Gasteiger partial charge is 0.490 e. The highest BCUT2D eigenvalue weighted by atomic mass is 32.2. The average molecular weight is 488 g/mol. The second kappa shape index (κ2) is 9.58. The van der Waals surface area contributed by atoms with E-state index in [0.29, 0.717) is 19.0 Å². The quantitative estimate of drug-likeness (QED) is 0.304. The number of carbonyl (C=O) groups is 1. The number of hydrogen-bond acceptors (Lipinski definition) is 7. The maximum Gasteiger partial charge on any atom is 0.233 e. The summed E-state index contributed by atoms with van der Waals surface area (Å²) in [5.74, 6) is 1.96. The molecular weight excluding hydrogens is 462 g/mol. The Kier molecular flexibility index (Phi) is 5.99. The lowest BCUT2D eigenvalue weighted by atomic mass is 10.0. The van der Waals surface area contributed by atoms with Crippen molar-refractivity contribution in [3.8, 4) is 17.2 Å². The van der Waals surface area contributed by atoms with Crippen molar-refractivity contribution < 1.29 is 14.3 Å². The molecule has 0 bridgehead atoms. The molecule has 0 unspecified atom stereocenters. The molecule has 0 spiro atoms. The summed E-state index contributed by atoms with van der Waals surface area (Å²) < 4.78 is 13.4. The third-order valence-corrected chi connectivity index (χ3v) is 7.38. The van der Waals surface area contributed by atoms with Crippen LogP contribution in [0.25, 0.3) is 16.7 Å². The van der Waals surface area contributed by atoms with Gasteiger partial charge in [-0.2, -0.15) is 5.10 Å². The van der Waals surface area contributed by atoms with Crippen molar-refractivity contribution in [1.82, 2.24) is 24.6 Å². The van der Waals surface area contributed by atoms with Crippen molar-refractivity contribution in [3.05, 3.63) is 66.6 Å². The van der Waals surface area contributed by atoms with E-state index in [-0.39, 0.29) is 11.9 Å². The number of hydrogen-bond donors (Lipinski definition) is 0. The van der Waals surface area contributed by atoms with Crippen molar-refractivity contribution in [3.63, 3.8) is 0 Å². The first-order valence-electron chi connectivity index (χ1n) is 11.8. The van der Waals surface area contributed by atoms with Crippen LogP contribution in [0.4, 0.5) is 0 Å². The molecule has 0 saturated carbocycles. The molecule has 9 heteroatoms. The molecule has 178 valence electrons. The average Bonchev–Trinajstić information content (AvgIpc) is 3.50. The van der Waals surface area contributed by atoms with Crippen LogP contribution in [0.3, 0.4) is 0 Å². The van der Waals surface area contributed by atoms with Gasteiger partial charge in [-0.3, -0.25) is 4.79 Å². The number of fused-ring (bicyclic) bond motifs is 2. The number of aromatic nitrogens is 4. The van der Waals surface area contributed by atoms with Crippen molar-refractivity contribution >= 4 is 28.7 Å².